The Hall–Kier alpha value is -0.210. The van der Waals surface area contributed by atoms with Crippen molar-refractivity contribution in [2.75, 3.05) is 59.2 Å². The minimum absolute atomic E-state index is 0.116. The van der Waals surface area contributed by atoms with Gasteiger partial charge >= 0.3 is 0 Å². The van der Waals surface area contributed by atoms with Crippen molar-refractivity contribution >= 4 is 10.0 Å². The second-order valence-corrected chi connectivity index (χ2v) is 6.31. The first kappa shape index (κ1) is 17.8. The second kappa shape index (κ2) is 10.7. The van der Waals surface area contributed by atoms with Crippen LogP contribution in [0.15, 0.2) is 0 Å². The summed E-state index contributed by atoms with van der Waals surface area (Å²) in [5.41, 5.74) is 0. The zero-order chi connectivity index (χ0) is 13.9. The molecule has 0 aromatic carbocycles. The average Bonchev–Trinajstić information content (AvgIpc) is 2.29. The van der Waals surface area contributed by atoms with Gasteiger partial charge in [-0.1, -0.05) is 6.92 Å². The number of ether oxygens (including phenoxy) is 1. The monoisotopic (exact) mass is 281 g/mol. The van der Waals surface area contributed by atoms with Crippen molar-refractivity contribution in [1.29, 1.82) is 0 Å². The third kappa shape index (κ3) is 12.3. The molecule has 0 saturated carbocycles. The Morgan fingerprint density at radius 2 is 1.83 bits per heavy atom. The predicted molar refractivity (Wildman–Crippen MR) is 74.3 cm³/mol. The van der Waals surface area contributed by atoms with E-state index in [9.17, 15) is 8.42 Å². The highest BCUT2D eigenvalue weighted by molar-refractivity contribution is 7.89. The van der Waals surface area contributed by atoms with Crippen LogP contribution < -0.4 is 10.0 Å². The van der Waals surface area contributed by atoms with Gasteiger partial charge in [-0.05, 0) is 27.1 Å². The van der Waals surface area contributed by atoms with Crippen LogP contribution in [-0.4, -0.2) is 72.6 Å². The standard InChI is InChI=1S/C11H27N3O3S/c1-4-5-12-7-11-18(15,16)13-6-9-17-10-8-14(2)3/h12-13H,4-11H2,1-3H3. The quantitative estimate of drug-likeness (QED) is 0.471. The summed E-state index contributed by atoms with van der Waals surface area (Å²) in [5.74, 6) is 0.116. The molecule has 0 unspecified atom stereocenters. The van der Waals surface area contributed by atoms with Crippen LogP contribution in [0.3, 0.4) is 0 Å². The summed E-state index contributed by atoms with van der Waals surface area (Å²) in [6.45, 7) is 5.60. The first-order valence-electron chi connectivity index (χ1n) is 6.38. The van der Waals surface area contributed by atoms with Crippen molar-refractivity contribution < 1.29 is 13.2 Å². The van der Waals surface area contributed by atoms with Crippen LogP contribution in [0.25, 0.3) is 0 Å². The number of rotatable bonds is 12. The fraction of sp³-hybridized carbons (Fsp3) is 1.00. The van der Waals surface area contributed by atoms with Crippen LogP contribution in [0, 0.1) is 0 Å². The van der Waals surface area contributed by atoms with E-state index in [1.54, 1.807) is 0 Å². The van der Waals surface area contributed by atoms with Crippen molar-refractivity contribution in [2.24, 2.45) is 0 Å². The van der Waals surface area contributed by atoms with Gasteiger partial charge in [0.1, 0.15) is 0 Å². The number of likely N-dealkylation sites (N-methyl/N-ethyl adjacent to an activating group) is 1. The number of nitrogens with one attached hydrogen (secondary N) is 2. The van der Waals surface area contributed by atoms with Crippen molar-refractivity contribution in [2.45, 2.75) is 13.3 Å². The normalized spacial score (nSPS) is 12.2. The van der Waals surface area contributed by atoms with E-state index in [1.165, 1.54) is 0 Å². The molecule has 0 aliphatic heterocycles. The van der Waals surface area contributed by atoms with Gasteiger partial charge in [0, 0.05) is 19.6 Å². The Morgan fingerprint density at radius 3 is 2.44 bits per heavy atom. The second-order valence-electron chi connectivity index (χ2n) is 4.38. The summed E-state index contributed by atoms with van der Waals surface area (Å²) in [7, 11) is 0.767. The number of hydrogen-bond donors (Lipinski definition) is 2. The van der Waals surface area contributed by atoms with Crippen molar-refractivity contribution in [1.82, 2.24) is 14.9 Å². The Bertz CT molecular complexity index is 281. The molecular weight excluding hydrogens is 254 g/mol. The van der Waals surface area contributed by atoms with Gasteiger partial charge in [-0.3, -0.25) is 0 Å². The molecular formula is C11H27N3O3S. The van der Waals surface area contributed by atoms with Crippen molar-refractivity contribution in [3.63, 3.8) is 0 Å². The highest BCUT2D eigenvalue weighted by atomic mass is 32.2. The maximum Gasteiger partial charge on any atom is 0.212 e. The van der Waals surface area contributed by atoms with Gasteiger partial charge in [-0.2, -0.15) is 0 Å². The van der Waals surface area contributed by atoms with E-state index in [2.05, 4.69) is 10.0 Å². The van der Waals surface area contributed by atoms with Crippen molar-refractivity contribution in [3.05, 3.63) is 0 Å². The molecule has 7 heteroatoms. The molecule has 0 aromatic heterocycles. The van der Waals surface area contributed by atoms with Gasteiger partial charge in [0.2, 0.25) is 10.0 Å². The van der Waals surface area contributed by atoms with Gasteiger partial charge in [-0.25, -0.2) is 13.1 Å². The lowest BCUT2D eigenvalue weighted by molar-refractivity contribution is 0.122. The van der Waals surface area contributed by atoms with Gasteiger partial charge in [0.25, 0.3) is 0 Å². The number of sulfonamides is 1. The molecule has 18 heavy (non-hydrogen) atoms. The zero-order valence-corrected chi connectivity index (χ0v) is 12.6. The fourth-order valence-electron chi connectivity index (χ4n) is 1.20. The molecule has 0 rings (SSSR count). The van der Waals surface area contributed by atoms with E-state index in [0.29, 0.717) is 26.3 Å². The maximum atomic E-state index is 11.5. The largest absolute Gasteiger partial charge is 0.379 e. The Labute approximate surface area is 111 Å². The molecule has 0 aliphatic rings. The number of hydrogen-bond acceptors (Lipinski definition) is 5. The Kier molecular flexibility index (Phi) is 10.6. The first-order valence-corrected chi connectivity index (χ1v) is 8.03. The van der Waals surface area contributed by atoms with E-state index in [1.807, 2.05) is 25.9 Å². The lowest BCUT2D eigenvalue weighted by Crippen LogP contribution is -2.34. The van der Waals surface area contributed by atoms with E-state index >= 15 is 0 Å². The predicted octanol–water partition coefficient (Wildman–Crippen LogP) is -0.516. The van der Waals surface area contributed by atoms with Crippen LogP contribution >= 0.6 is 0 Å². The Balaban J connectivity index is 3.47. The van der Waals surface area contributed by atoms with Crippen LogP contribution in [-0.2, 0) is 14.8 Å². The highest BCUT2D eigenvalue weighted by Gasteiger charge is 2.08. The van der Waals surface area contributed by atoms with Crippen LogP contribution in [0.4, 0.5) is 0 Å². The lowest BCUT2D eigenvalue weighted by Gasteiger charge is -2.10. The van der Waals surface area contributed by atoms with E-state index < -0.39 is 10.0 Å². The minimum Gasteiger partial charge on any atom is -0.379 e. The third-order valence-corrected chi connectivity index (χ3v) is 3.61. The van der Waals surface area contributed by atoms with E-state index in [0.717, 1.165) is 19.5 Å². The molecule has 0 aromatic rings. The maximum absolute atomic E-state index is 11.5. The molecule has 0 atom stereocenters. The SMILES string of the molecule is CCCNCCS(=O)(=O)NCCOCCN(C)C. The zero-order valence-electron chi connectivity index (χ0n) is 11.7. The summed E-state index contributed by atoms with van der Waals surface area (Å²) >= 11 is 0. The minimum atomic E-state index is -3.17. The fourth-order valence-corrected chi connectivity index (χ4v) is 2.15. The van der Waals surface area contributed by atoms with Crippen LogP contribution in [0.1, 0.15) is 13.3 Å². The molecule has 2 N–H and O–H groups in total. The molecule has 0 saturated heterocycles. The molecule has 0 fully saturated rings. The highest BCUT2D eigenvalue weighted by Crippen LogP contribution is 1.84. The summed E-state index contributed by atoms with van der Waals surface area (Å²) in [6.07, 6.45) is 1.01. The van der Waals surface area contributed by atoms with E-state index in [4.69, 9.17) is 4.74 Å². The molecule has 0 radical (unpaired) electrons. The summed E-state index contributed by atoms with van der Waals surface area (Å²) in [4.78, 5) is 2.02. The van der Waals surface area contributed by atoms with Crippen LogP contribution in [0.5, 0.6) is 0 Å². The molecule has 6 nitrogen and oxygen atoms in total. The average molecular weight is 281 g/mol. The topological polar surface area (TPSA) is 70.7 Å². The molecule has 0 bridgehead atoms. The van der Waals surface area contributed by atoms with Crippen LogP contribution in [0.2, 0.25) is 0 Å². The summed E-state index contributed by atoms with van der Waals surface area (Å²) in [5, 5.41) is 3.06. The van der Waals surface area contributed by atoms with Gasteiger partial charge in [0.15, 0.2) is 0 Å². The lowest BCUT2D eigenvalue weighted by atomic mass is 10.5. The summed E-state index contributed by atoms with van der Waals surface area (Å²) in [6, 6.07) is 0. The van der Waals surface area contributed by atoms with Gasteiger partial charge < -0.3 is 15.0 Å². The third-order valence-electron chi connectivity index (χ3n) is 2.23. The first-order chi connectivity index (χ1) is 8.48. The molecule has 0 heterocycles. The molecule has 0 spiro atoms. The molecule has 110 valence electrons. The van der Waals surface area contributed by atoms with Gasteiger partial charge in [0.05, 0.1) is 19.0 Å². The molecule has 0 aliphatic carbocycles. The number of nitrogens with zero attached hydrogens (tertiary/aromatic N) is 1. The molecule has 0 amide bonds. The smallest absolute Gasteiger partial charge is 0.212 e. The van der Waals surface area contributed by atoms with Gasteiger partial charge in [-0.15, -0.1) is 0 Å². The summed E-state index contributed by atoms with van der Waals surface area (Å²) < 4.78 is 30.9. The van der Waals surface area contributed by atoms with E-state index in [-0.39, 0.29) is 5.75 Å². The Morgan fingerprint density at radius 1 is 1.11 bits per heavy atom. The van der Waals surface area contributed by atoms with Crippen molar-refractivity contribution in [3.8, 4) is 0 Å².